The maximum Gasteiger partial charge on any atom is 0.123 e. The molecule has 0 amide bonds. The second-order valence-corrected chi connectivity index (χ2v) is 5.85. The molecule has 0 bridgehead atoms. The van der Waals surface area contributed by atoms with Crippen LogP contribution in [-0.2, 0) is 0 Å². The maximum atomic E-state index is 13.0. The van der Waals surface area contributed by atoms with E-state index in [4.69, 9.17) is 0 Å². The zero-order valence-electron chi connectivity index (χ0n) is 10.1. The van der Waals surface area contributed by atoms with Crippen molar-refractivity contribution in [2.45, 2.75) is 11.9 Å². The second-order valence-electron chi connectivity index (χ2n) is 3.83. The normalized spacial score (nSPS) is 11.1. The highest BCUT2D eigenvalue weighted by Crippen LogP contribution is 2.34. The lowest BCUT2D eigenvalue weighted by Gasteiger charge is -1.99. The van der Waals surface area contributed by atoms with Gasteiger partial charge in [0.1, 0.15) is 33.1 Å². The van der Waals surface area contributed by atoms with Gasteiger partial charge in [-0.3, -0.25) is 0 Å². The molecule has 6 heteroatoms. The van der Waals surface area contributed by atoms with Crippen LogP contribution in [0.1, 0.15) is 6.92 Å². The molecular formula is C13H10FN3S2. The van der Waals surface area contributed by atoms with Crippen molar-refractivity contribution >= 4 is 33.5 Å². The molecule has 0 spiro atoms. The number of aromatic nitrogens is 3. The van der Waals surface area contributed by atoms with Crippen LogP contribution in [-0.4, -0.2) is 20.1 Å². The van der Waals surface area contributed by atoms with Gasteiger partial charge >= 0.3 is 0 Å². The lowest BCUT2D eigenvalue weighted by atomic mass is 10.1. The van der Waals surface area contributed by atoms with Gasteiger partial charge < -0.3 is 0 Å². The van der Waals surface area contributed by atoms with E-state index in [1.54, 1.807) is 30.2 Å². The van der Waals surface area contributed by atoms with Gasteiger partial charge in [0.25, 0.3) is 0 Å². The fraction of sp³-hybridized carbons (Fsp3) is 0.154. The van der Waals surface area contributed by atoms with Gasteiger partial charge in [0, 0.05) is 5.56 Å². The maximum absolute atomic E-state index is 13.0. The van der Waals surface area contributed by atoms with E-state index in [0.29, 0.717) is 0 Å². The van der Waals surface area contributed by atoms with E-state index >= 15 is 0 Å². The highest BCUT2D eigenvalue weighted by atomic mass is 32.2. The summed E-state index contributed by atoms with van der Waals surface area (Å²) in [5.74, 6) is 0.704. The smallest absolute Gasteiger partial charge is 0.123 e. The molecule has 0 unspecified atom stereocenters. The molecule has 0 saturated carbocycles. The van der Waals surface area contributed by atoms with Crippen molar-refractivity contribution in [2.24, 2.45) is 0 Å². The molecule has 0 aliphatic rings. The third-order valence-electron chi connectivity index (χ3n) is 2.62. The molecule has 2 heterocycles. The van der Waals surface area contributed by atoms with E-state index in [1.165, 1.54) is 23.7 Å². The fourth-order valence-electron chi connectivity index (χ4n) is 1.78. The Hall–Kier alpha value is -1.53. The zero-order valence-corrected chi connectivity index (χ0v) is 11.8. The molecule has 0 N–H and O–H groups in total. The van der Waals surface area contributed by atoms with Crippen molar-refractivity contribution in [1.29, 1.82) is 0 Å². The fourth-order valence-corrected chi connectivity index (χ4v) is 3.43. The summed E-state index contributed by atoms with van der Waals surface area (Å²) in [4.78, 5) is 8.59. The highest BCUT2D eigenvalue weighted by molar-refractivity contribution is 7.99. The summed E-state index contributed by atoms with van der Waals surface area (Å²) in [5.41, 5.74) is 2.50. The molecule has 0 aliphatic carbocycles. The van der Waals surface area contributed by atoms with Crippen LogP contribution in [0.2, 0.25) is 0 Å². The van der Waals surface area contributed by atoms with Crippen LogP contribution in [0.4, 0.5) is 4.39 Å². The number of hydrogen-bond acceptors (Lipinski definition) is 5. The quantitative estimate of drug-likeness (QED) is 0.540. The number of halogens is 1. The first-order valence-corrected chi connectivity index (χ1v) is 7.54. The Balaban J connectivity index is 2.15. The molecule has 19 heavy (non-hydrogen) atoms. The number of rotatable bonds is 3. The van der Waals surface area contributed by atoms with Crippen LogP contribution in [0.5, 0.6) is 0 Å². The van der Waals surface area contributed by atoms with E-state index in [-0.39, 0.29) is 5.82 Å². The third-order valence-corrected chi connectivity index (χ3v) is 4.47. The molecule has 0 fully saturated rings. The number of benzene rings is 1. The average molecular weight is 291 g/mol. The summed E-state index contributed by atoms with van der Waals surface area (Å²) in [7, 11) is 0. The second kappa shape index (κ2) is 5.22. The predicted octanol–water partition coefficient (Wildman–Crippen LogP) is 4.00. The molecule has 1 aromatic carbocycles. The summed E-state index contributed by atoms with van der Waals surface area (Å²) in [5, 5.41) is 0.957. The minimum absolute atomic E-state index is 0.250. The van der Waals surface area contributed by atoms with Crippen LogP contribution in [0, 0.1) is 5.82 Å². The Morgan fingerprint density at radius 1 is 1.21 bits per heavy atom. The van der Waals surface area contributed by atoms with Crippen molar-refractivity contribution in [3.63, 3.8) is 0 Å². The summed E-state index contributed by atoms with van der Waals surface area (Å²) in [6.07, 6.45) is 1.56. The molecule has 3 aromatic rings. The number of fused-ring (bicyclic) bond motifs is 1. The summed E-state index contributed by atoms with van der Waals surface area (Å²) in [6, 6.07) is 6.31. The third kappa shape index (κ3) is 2.33. The lowest BCUT2D eigenvalue weighted by molar-refractivity contribution is 0.628. The molecule has 2 aromatic heterocycles. The molecule has 0 radical (unpaired) electrons. The molecule has 3 nitrogen and oxygen atoms in total. The summed E-state index contributed by atoms with van der Waals surface area (Å²) >= 11 is 3.07. The number of nitrogens with zero attached hydrogens (tertiary/aromatic N) is 3. The number of hydrogen-bond donors (Lipinski definition) is 0. The van der Waals surface area contributed by atoms with Crippen LogP contribution in [0.3, 0.4) is 0 Å². The molecule has 0 aliphatic heterocycles. The molecule has 0 saturated heterocycles. The van der Waals surface area contributed by atoms with Crippen molar-refractivity contribution < 1.29 is 4.39 Å². The SMILES string of the molecule is CCSc1ncnc2c(-c3ccc(F)cc3)nsc12. The van der Waals surface area contributed by atoms with Crippen molar-refractivity contribution in [2.75, 3.05) is 5.75 Å². The van der Waals surface area contributed by atoms with Crippen LogP contribution >= 0.6 is 23.3 Å². The summed E-state index contributed by atoms with van der Waals surface area (Å²) in [6.45, 7) is 2.08. The Kier molecular flexibility index (Phi) is 3.44. The lowest BCUT2D eigenvalue weighted by Crippen LogP contribution is -1.86. The van der Waals surface area contributed by atoms with Gasteiger partial charge in [-0.05, 0) is 41.6 Å². The van der Waals surface area contributed by atoms with E-state index < -0.39 is 0 Å². The largest absolute Gasteiger partial charge is 0.233 e. The molecule has 3 rings (SSSR count). The molecule has 0 atom stereocenters. The predicted molar refractivity (Wildman–Crippen MR) is 77.0 cm³/mol. The molecular weight excluding hydrogens is 281 g/mol. The first kappa shape index (κ1) is 12.5. The minimum Gasteiger partial charge on any atom is -0.233 e. The van der Waals surface area contributed by atoms with Crippen LogP contribution < -0.4 is 0 Å². The van der Waals surface area contributed by atoms with Gasteiger partial charge in [-0.25, -0.2) is 14.4 Å². The van der Waals surface area contributed by atoms with Crippen LogP contribution in [0.25, 0.3) is 21.5 Å². The van der Waals surface area contributed by atoms with Gasteiger partial charge in [-0.1, -0.05) is 6.92 Å². The Morgan fingerprint density at radius 3 is 2.74 bits per heavy atom. The Bertz CT molecular complexity index is 709. The first-order valence-electron chi connectivity index (χ1n) is 5.78. The highest BCUT2D eigenvalue weighted by Gasteiger charge is 2.13. The van der Waals surface area contributed by atoms with Gasteiger partial charge in [0.05, 0.1) is 0 Å². The van der Waals surface area contributed by atoms with Crippen molar-refractivity contribution in [1.82, 2.24) is 14.3 Å². The van der Waals surface area contributed by atoms with Crippen molar-refractivity contribution in [3.05, 3.63) is 36.4 Å². The van der Waals surface area contributed by atoms with Crippen LogP contribution in [0.15, 0.2) is 35.6 Å². The van der Waals surface area contributed by atoms with Gasteiger partial charge in [0.2, 0.25) is 0 Å². The standard InChI is InChI=1S/C13H10FN3S2/c1-2-18-13-12-11(15-7-16-13)10(17-19-12)8-3-5-9(14)6-4-8/h3-7H,2H2,1H3. The van der Waals surface area contributed by atoms with E-state index in [0.717, 1.165) is 32.3 Å². The summed E-state index contributed by atoms with van der Waals surface area (Å²) < 4.78 is 18.4. The number of thioether (sulfide) groups is 1. The van der Waals surface area contributed by atoms with E-state index in [9.17, 15) is 4.39 Å². The zero-order chi connectivity index (χ0) is 13.2. The average Bonchev–Trinajstić information content (AvgIpc) is 2.85. The monoisotopic (exact) mass is 291 g/mol. The molecule has 96 valence electrons. The van der Waals surface area contributed by atoms with Crippen molar-refractivity contribution in [3.8, 4) is 11.3 Å². The minimum atomic E-state index is -0.250. The topological polar surface area (TPSA) is 38.7 Å². The van der Waals surface area contributed by atoms with E-state index in [1.807, 2.05) is 0 Å². The Labute approximate surface area is 118 Å². The Morgan fingerprint density at radius 2 is 2.00 bits per heavy atom. The first-order chi connectivity index (χ1) is 9.29. The van der Waals surface area contributed by atoms with Gasteiger partial charge in [0.15, 0.2) is 0 Å². The van der Waals surface area contributed by atoms with E-state index in [2.05, 4.69) is 21.3 Å². The van der Waals surface area contributed by atoms with Gasteiger partial charge in [-0.2, -0.15) is 4.37 Å². The van der Waals surface area contributed by atoms with Gasteiger partial charge in [-0.15, -0.1) is 11.8 Å².